The van der Waals surface area contributed by atoms with Crippen molar-refractivity contribution in [3.8, 4) is 5.75 Å². The molecule has 18 heavy (non-hydrogen) atoms. The zero-order chi connectivity index (χ0) is 13.0. The number of hydrogen-bond donors (Lipinski definition) is 1. The first-order chi connectivity index (χ1) is 8.65. The second-order valence-corrected chi connectivity index (χ2v) is 4.93. The van der Waals surface area contributed by atoms with Gasteiger partial charge in [-0.25, -0.2) is 0 Å². The van der Waals surface area contributed by atoms with Crippen LogP contribution in [0, 0.1) is 0 Å². The van der Waals surface area contributed by atoms with Crippen molar-refractivity contribution in [2.24, 2.45) is 0 Å². The van der Waals surface area contributed by atoms with Gasteiger partial charge in [0.25, 0.3) is 0 Å². The summed E-state index contributed by atoms with van der Waals surface area (Å²) in [7, 11) is 0. The van der Waals surface area contributed by atoms with Gasteiger partial charge in [-0.05, 0) is 31.2 Å². The lowest BCUT2D eigenvalue weighted by Gasteiger charge is -2.06. The molecule has 4 nitrogen and oxygen atoms in total. The molecular weight excluding hydrogens is 296 g/mol. The van der Waals surface area contributed by atoms with E-state index in [1.807, 2.05) is 30.5 Å². The molecule has 0 amide bonds. The Morgan fingerprint density at radius 1 is 1.39 bits per heavy atom. The summed E-state index contributed by atoms with van der Waals surface area (Å²) >= 11 is 3.37. The maximum absolute atomic E-state index is 9.38. The summed E-state index contributed by atoms with van der Waals surface area (Å²) in [5, 5.41) is 13.5. The van der Waals surface area contributed by atoms with Crippen molar-refractivity contribution in [3.05, 3.63) is 46.7 Å². The highest BCUT2D eigenvalue weighted by Crippen LogP contribution is 2.16. The van der Waals surface area contributed by atoms with Crippen LogP contribution >= 0.6 is 15.9 Å². The van der Waals surface area contributed by atoms with Crippen molar-refractivity contribution in [3.63, 3.8) is 0 Å². The van der Waals surface area contributed by atoms with Gasteiger partial charge in [-0.15, -0.1) is 0 Å². The summed E-state index contributed by atoms with van der Waals surface area (Å²) in [4.78, 5) is 0. The first kappa shape index (κ1) is 13.1. The monoisotopic (exact) mass is 310 g/mol. The van der Waals surface area contributed by atoms with E-state index in [9.17, 15) is 5.11 Å². The molecule has 1 N–H and O–H groups in total. The number of aromatic nitrogens is 2. The van der Waals surface area contributed by atoms with Gasteiger partial charge in [-0.1, -0.05) is 15.9 Å². The van der Waals surface area contributed by atoms with Crippen LogP contribution in [0.25, 0.3) is 0 Å². The minimum Gasteiger partial charge on any atom is -0.492 e. The summed E-state index contributed by atoms with van der Waals surface area (Å²) in [6.07, 6.45) is 3.02. The summed E-state index contributed by atoms with van der Waals surface area (Å²) < 4.78 is 8.39. The highest BCUT2D eigenvalue weighted by molar-refractivity contribution is 9.10. The first-order valence-electron chi connectivity index (χ1n) is 5.74. The quantitative estimate of drug-likeness (QED) is 0.923. The lowest BCUT2D eigenvalue weighted by atomic mass is 10.2. The number of rotatable bonds is 5. The fraction of sp³-hybridized carbons (Fsp3) is 0.308. The van der Waals surface area contributed by atoms with Crippen LogP contribution in [0.3, 0.4) is 0 Å². The Labute approximate surface area is 114 Å². The van der Waals surface area contributed by atoms with Crippen molar-refractivity contribution in [2.75, 3.05) is 6.61 Å². The normalized spacial score (nSPS) is 12.4. The first-order valence-corrected chi connectivity index (χ1v) is 6.53. The second-order valence-electron chi connectivity index (χ2n) is 4.02. The number of hydrogen-bond acceptors (Lipinski definition) is 3. The molecule has 0 aliphatic rings. The van der Waals surface area contributed by atoms with E-state index in [4.69, 9.17) is 4.74 Å². The molecule has 96 valence electrons. The zero-order valence-corrected chi connectivity index (χ0v) is 11.7. The summed E-state index contributed by atoms with van der Waals surface area (Å²) in [5.74, 6) is 0.834. The number of ether oxygens (including phenoxy) is 1. The topological polar surface area (TPSA) is 47.3 Å². The Hall–Kier alpha value is -1.33. The van der Waals surface area contributed by atoms with E-state index in [-0.39, 0.29) is 0 Å². The van der Waals surface area contributed by atoms with Gasteiger partial charge < -0.3 is 9.84 Å². The molecule has 0 radical (unpaired) electrons. The molecule has 0 spiro atoms. The predicted octanol–water partition coefficient (Wildman–Crippen LogP) is 2.78. The third-order valence-corrected chi connectivity index (χ3v) is 3.07. The Balaban J connectivity index is 1.82. The second kappa shape index (κ2) is 6.02. The van der Waals surface area contributed by atoms with E-state index >= 15 is 0 Å². The lowest BCUT2D eigenvalue weighted by Crippen LogP contribution is -2.08. The molecular formula is C13H15BrN2O2. The third kappa shape index (κ3) is 3.58. The van der Waals surface area contributed by atoms with Crippen molar-refractivity contribution < 1.29 is 9.84 Å². The molecule has 1 aromatic heterocycles. The van der Waals surface area contributed by atoms with Gasteiger partial charge in [0, 0.05) is 16.2 Å². The predicted molar refractivity (Wildman–Crippen MR) is 72.5 cm³/mol. The fourth-order valence-electron chi connectivity index (χ4n) is 1.51. The smallest absolute Gasteiger partial charge is 0.119 e. The molecule has 1 atom stereocenters. The van der Waals surface area contributed by atoms with E-state index in [1.54, 1.807) is 17.8 Å². The van der Waals surface area contributed by atoms with Crippen molar-refractivity contribution >= 4 is 15.9 Å². The average Bonchev–Trinajstić information content (AvgIpc) is 2.81. The van der Waals surface area contributed by atoms with Crippen molar-refractivity contribution in [2.45, 2.75) is 19.6 Å². The standard InChI is InChI=1S/C13H15BrN2O2/c1-10(17)11-8-15-16(9-11)6-7-18-13-4-2-12(14)3-5-13/h2-5,8-10,17H,6-7H2,1H3. The number of benzene rings is 1. The third-order valence-electron chi connectivity index (χ3n) is 2.54. The van der Waals surface area contributed by atoms with Crippen LogP contribution in [0.2, 0.25) is 0 Å². The van der Waals surface area contributed by atoms with Crippen LogP contribution in [-0.4, -0.2) is 21.5 Å². The molecule has 1 heterocycles. The number of aliphatic hydroxyl groups excluding tert-OH is 1. The number of aliphatic hydroxyl groups is 1. The minimum atomic E-state index is -0.480. The molecule has 0 aliphatic heterocycles. The number of nitrogens with zero attached hydrogens (tertiary/aromatic N) is 2. The summed E-state index contributed by atoms with van der Waals surface area (Å²) in [5.41, 5.74) is 0.818. The van der Waals surface area contributed by atoms with E-state index in [2.05, 4.69) is 21.0 Å². The molecule has 0 aliphatic carbocycles. The molecule has 5 heteroatoms. The minimum absolute atomic E-state index is 0.480. The Bertz CT molecular complexity index is 494. The van der Waals surface area contributed by atoms with Crippen LogP contribution in [0.5, 0.6) is 5.75 Å². The van der Waals surface area contributed by atoms with Gasteiger partial charge >= 0.3 is 0 Å². The van der Waals surface area contributed by atoms with Gasteiger partial charge in [0.15, 0.2) is 0 Å². The Morgan fingerprint density at radius 2 is 2.11 bits per heavy atom. The maximum atomic E-state index is 9.38. The fourth-order valence-corrected chi connectivity index (χ4v) is 1.77. The van der Waals surface area contributed by atoms with Crippen LogP contribution in [0.15, 0.2) is 41.1 Å². The summed E-state index contributed by atoms with van der Waals surface area (Å²) in [6, 6.07) is 7.70. The van der Waals surface area contributed by atoms with Gasteiger partial charge in [0.1, 0.15) is 12.4 Å². The molecule has 0 saturated heterocycles. The van der Waals surface area contributed by atoms with Gasteiger partial charge in [0.05, 0.1) is 18.8 Å². The molecule has 0 fully saturated rings. The number of halogens is 1. The summed E-state index contributed by atoms with van der Waals surface area (Å²) in [6.45, 7) is 2.92. The maximum Gasteiger partial charge on any atom is 0.119 e. The molecule has 2 rings (SSSR count). The Kier molecular flexibility index (Phi) is 4.38. The van der Waals surface area contributed by atoms with Gasteiger partial charge in [-0.2, -0.15) is 5.10 Å². The van der Waals surface area contributed by atoms with E-state index < -0.39 is 6.10 Å². The Morgan fingerprint density at radius 3 is 2.72 bits per heavy atom. The lowest BCUT2D eigenvalue weighted by molar-refractivity contribution is 0.199. The zero-order valence-electron chi connectivity index (χ0n) is 10.1. The largest absolute Gasteiger partial charge is 0.492 e. The molecule has 1 aromatic carbocycles. The molecule has 1 unspecified atom stereocenters. The van der Waals surface area contributed by atoms with Crippen LogP contribution in [-0.2, 0) is 6.54 Å². The van der Waals surface area contributed by atoms with Crippen LogP contribution in [0.4, 0.5) is 0 Å². The van der Waals surface area contributed by atoms with Gasteiger partial charge in [0.2, 0.25) is 0 Å². The highest BCUT2D eigenvalue weighted by atomic mass is 79.9. The van der Waals surface area contributed by atoms with Crippen molar-refractivity contribution in [1.82, 2.24) is 9.78 Å². The SMILES string of the molecule is CC(O)c1cnn(CCOc2ccc(Br)cc2)c1. The molecule has 0 saturated carbocycles. The molecule has 0 bridgehead atoms. The van der Waals surface area contributed by atoms with E-state index in [0.717, 1.165) is 15.8 Å². The van der Waals surface area contributed by atoms with Crippen molar-refractivity contribution in [1.29, 1.82) is 0 Å². The van der Waals surface area contributed by atoms with Crippen LogP contribution in [0.1, 0.15) is 18.6 Å². The van der Waals surface area contributed by atoms with Gasteiger partial charge in [-0.3, -0.25) is 4.68 Å². The highest BCUT2D eigenvalue weighted by Gasteiger charge is 2.03. The molecule has 2 aromatic rings. The van der Waals surface area contributed by atoms with E-state index in [1.165, 1.54) is 0 Å². The van der Waals surface area contributed by atoms with E-state index in [0.29, 0.717) is 13.2 Å². The van der Waals surface area contributed by atoms with Crippen LogP contribution < -0.4 is 4.74 Å². The average molecular weight is 311 g/mol.